The Bertz CT molecular complexity index is 3100. The molecule has 12 rings (SSSR count). The minimum absolute atomic E-state index is 0.00602. The van der Waals surface area contributed by atoms with Crippen LogP contribution in [0.5, 0.6) is 11.8 Å². The molecule has 6 fully saturated rings. The van der Waals surface area contributed by atoms with Crippen LogP contribution >= 0.6 is 0 Å². The van der Waals surface area contributed by atoms with Crippen LogP contribution in [0.3, 0.4) is 0 Å². The highest BCUT2D eigenvalue weighted by molar-refractivity contribution is 6.23. The van der Waals surface area contributed by atoms with Crippen LogP contribution in [0, 0.1) is 28.8 Å². The first kappa shape index (κ1) is 47.6. The minimum Gasteiger partial charge on any atom is -0.508 e. The molecule has 2 unspecified atom stereocenters. The average molecular weight is 1000 g/mol. The van der Waals surface area contributed by atoms with Gasteiger partial charge in [0, 0.05) is 82.4 Å². The summed E-state index contributed by atoms with van der Waals surface area (Å²) in [5, 5.41) is 14.5. The number of pyridine rings is 1. The first-order valence-corrected chi connectivity index (χ1v) is 25.9. The Kier molecular flexibility index (Phi) is 12.0. The number of ether oxygens (including phenoxy) is 2. The van der Waals surface area contributed by atoms with Crippen molar-refractivity contribution in [2.75, 3.05) is 88.5 Å². The summed E-state index contributed by atoms with van der Waals surface area (Å²) in [6.45, 7) is 10.4. The molecule has 1 aliphatic carbocycles. The number of aryl methyl sites for hydroxylation is 1. The third-order valence-corrected chi connectivity index (χ3v) is 16.7. The van der Waals surface area contributed by atoms with Crippen molar-refractivity contribution in [1.82, 2.24) is 35.0 Å². The van der Waals surface area contributed by atoms with Gasteiger partial charge in [-0.3, -0.25) is 39.3 Å². The SMILES string of the molecule is CCc1c(F)ccc2cc(O)cc(-c3ncc4c(N5CCCC6(CCO6)C5)nc(OCC5(CN6CCC(CN7CCN(c8cc9c(cc8F)C(=O)N(C8CCC(=O)NC8=O)C9=O)CC7)CC6)CC5)nc4c3F)c12. The summed E-state index contributed by atoms with van der Waals surface area (Å²) in [5.41, 5.74) is 0.578. The molecule has 7 aliphatic rings. The summed E-state index contributed by atoms with van der Waals surface area (Å²) >= 11 is 0. The first-order valence-electron chi connectivity index (χ1n) is 25.9. The van der Waals surface area contributed by atoms with Crippen molar-refractivity contribution in [3.63, 3.8) is 0 Å². The number of aromatic nitrogens is 3. The summed E-state index contributed by atoms with van der Waals surface area (Å²) in [5.74, 6) is -3.32. The lowest BCUT2D eigenvalue weighted by Crippen LogP contribution is -2.56. The van der Waals surface area contributed by atoms with Gasteiger partial charge in [0.15, 0.2) is 5.82 Å². The average Bonchev–Trinajstić information content (AvgIpc) is 4.10. The normalized spacial score (nSPS) is 23.7. The summed E-state index contributed by atoms with van der Waals surface area (Å²) in [6.07, 6.45) is 8.78. The standard InChI is InChI=1S/C54H58F3N9O7/c1-2-34-39(55)5-4-32-22-33(67)23-37(44(32)34)46-45(57)47-38(26-58-46)48(65-14-3-10-54(29-65)13-21-73-54)61-52(60-47)72-30-53(11-12-53)28-63-15-8-31(9-16-63)27-62-17-19-64(20-18-62)42-25-36-35(24-40(42)56)50(70)66(51(36)71)41-6-7-43(68)59-49(41)69/h4-5,22-26,31,41,67H,2-3,6-21,27-30H2,1H3,(H,59,68,69). The van der Waals surface area contributed by atoms with Crippen LogP contribution in [-0.2, 0) is 20.7 Å². The smallest absolute Gasteiger partial charge is 0.319 e. The monoisotopic (exact) mass is 1000 g/mol. The van der Waals surface area contributed by atoms with E-state index in [1.807, 2.05) is 11.8 Å². The van der Waals surface area contributed by atoms with Crippen molar-refractivity contribution in [3.8, 4) is 23.0 Å². The molecule has 0 radical (unpaired) electrons. The Balaban J connectivity index is 0.692. The maximum atomic E-state index is 17.2. The van der Waals surface area contributed by atoms with Gasteiger partial charge in [-0.15, -0.1) is 0 Å². The second-order valence-corrected chi connectivity index (χ2v) is 21.4. The van der Waals surface area contributed by atoms with Crippen LogP contribution in [0.15, 0.2) is 42.6 Å². The number of likely N-dealkylation sites (tertiary alicyclic amines) is 1. The van der Waals surface area contributed by atoms with Gasteiger partial charge in [0.05, 0.1) is 41.0 Å². The van der Waals surface area contributed by atoms with E-state index in [1.165, 1.54) is 18.2 Å². The molecule has 0 bridgehead atoms. The number of fused-ring (bicyclic) bond motifs is 3. The van der Waals surface area contributed by atoms with Gasteiger partial charge in [0.25, 0.3) is 11.8 Å². The van der Waals surface area contributed by atoms with Crippen LogP contribution in [0.4, 0.5) is 24.7 Å². The number of rotatable bonds is 12. The van der Waals surface area contributed by atoms with Crippen LogP contribution in [-0.4, -0.2) is 149 Å². The molecule has 1 spiro atoms. The van der Waals surface area contributed by atoms with Gasteiger partial charge >= 0.3 is 6.01 Å². The Morgan fingerprint density at radius 3 is 2.32 bits per heavy atom. The number of benzene rings is 3. The zero-order valence-electron chi connectivity index (χ0n) is 40.9. The molecule has 73 heavy (non-hydrogen) atoms. The van der Waals surface area contributed by atoms with Crippen LogP contribution in [0.1, 0.15) is 91.0 Å². The van der Waals surface area contributed by atoms with E-state index in [9.17, 15) is 24.3 Å². The Labute approximate surface area is 419 Å². The molecule has 2 aromatic heterocycles. The number of halogens is 3. The van der Waals surface area contributed by atoms with Gasteiger partial charge in [0.1, 0.15) is 40.5 Å². The molecular weight excluding hydrogens is 944 g/mol. The van der Waals surface area contributed by atoms with E-state index in [4.69, 9.17) is 19.4 Å². The fourth-order valence-electron chi connectivity index (χ4n) is 12.3. The van der Waals surface area contributed by atoms with Crippen LogP contribution in [0.2, 0.25) is 0 Å². The molecule has 8 heterocycles. The molecule has 16 nitrogen and oxygen atoms in total. The molecule has 1 saturated carbocycles. The van der Waals surface area contributed by atoms with E-state index >= 15 is 13.2 Å². The van der Waals surface area contributed by atoms with Crippen LogP contribution in [0.25, 0.3) is 32.9 Å². The number of aromatic hydroxyl groups is 1. The number of phenolic OH excluding ortho intramolecular Hbond substituents is 1. The van der Waals surface area contributed by atoms with E-state index in [0.29, 0.717) is 92.4 Å². The highest BCUT2D eigenvalue weighted by Crippen LogP contribution is 2.48. The number of hydrogen-bond acceptors (Lipinski definition) is 14. The van der Waals surface area contributed by atoms with Crippen LogP contribution < -0.4 is 19.9 Å². The van der Waals surface area contributed by atoms with E-state index in [-0.39, 0.29) is 69.2 Å². The maximum absolute atomic E-state index is 17.2. The van der Waals surface area contributed by atoms with E-state index in [0.717, 1.165) is 82.1 Å². The third-order valence-electron chi connectivity index (χ3n) is 16.7. The second kappa shape index (κ2) is 18.5. The zero-order valence-corrected chi connectivity index (χ0v) is 40.9. The molecule has 5 saturated heterocycles. The molecule has 4 amide bonds. The lowest BCUT2D eigenvalue weighted by molar-refractivity contribution is -0.151. The molecule has 6 aliphatic heterocycles. The molecular formula is C54H58F3N9O7. The number of carbonyl (C=O) groups excluding carboxylic acids is 4. The summed E-state index contributed by atoms with van der Waals surface area (Å²) in [4.78, 5) is 75.0. The maximum Gasteiger partial charge on any atom is 0.319 e. The highest BCUT2D eigenvalue weighted by Gasteiger charge is 2.48. The van der Waals surface area contributed by atoms with Crippen molar-refractivity contribution >= 4 is 56.8 Å². The van der Waals surface area contributed by atoms with Crippen molar-refractivity contribution < 1.29 is 46.9 Å². The van der Waals surface area contributed by atoms with Crippen molar-refractivity contribution in [3.05, 3.63) is 76.7 Å². The minimum atomic E-state index is -1.12. The summed E-state index contributed by atoms with van der Waals surface area (Å²) in [7, 11) is 0. The number of imide groups is 2. The lowest BCUT2D eigenvalue weighted by Gasteiger charge is -2.48. The number of piperazine rings is 1. The van der Waals surface area contributed by atoms with Gasteiger partial charge in [-0.1, -0.05) is 13.0 Å². The highest BCUT2D eigenvalue weighted by atomic mass is 19.1. The lowest BCUT2D eigenvalue weighted by atomic mass is 9.86. The number of amides is 4. The van der Waals surface area contributed by atoms with E-state index in [1.54, 1.807) is 18.3 Å². The quantitative estimate of drug-likeness (QED) is 0.132. The van der Waals surface area contributed by atoms with E-state index < -0.39 is 47.1 Å². The second-order valence-electron chi connectivity index (χ2n) is 21.4. The number of anilines is 2. The van der Waals surface area contributed by atoms with Gasteiger partial charge in [0.2, 0.25) is 11.8 Å². The van der Waals surface area contributed by atoms with Crippen molar-refractivity contribution in [1.29, 1.82) is 0 Å². The van der Waals surface area contributed by atoms with E-state index in [2.05, 4.69) is 25.0 Å². The zero-order chi connectivity index (χ0) is 50.3. The predicted molar refractivity (Wildman–Crippen MR) is 264 cm³/mol. The summed E-state index contributed by atoms with van der Waals surface area (Å²) < 4.78 is 60.7. The number of nitrogens with one attached hydrogen (secondary N) is 1. The summed E-state index contributed by atoms with van der Waals surface area (Å²) in [6, 6.07) is 7.41. The fourth-order valence-corrected chi connectivity index (χ4v) is 12.3. The topological polar surface area (TPSA) is 174 Å². The predicted octanol–water partition coefficient (Wildman–Crippen LogP) is 6.38. The largest absolute Gasteiger partial charge is 0.508 e. The van der Waals surface area contributed by atoms with Gasteiger partial charge < -0.3 is 29.3 Å². The van der Waals surface area contributed by atoms with Gasteiger partial charge in [-0.25, -0.2) is 13.2 Å². The van der Waals surface area contributed by atoms with Gasteiger partial charge in [-0.2, -0.15) is 9.97 Å². The Morgan fingerprint density at radius 2 is 1.60 bits per heavy atom. The third kappa shape index (κ3) is 8.69. The number of carbonyl (C=O) groups is 4. The Morgan fingerprint density at radius 1 is 0.836 bits per heavy atom. The molecule has 382 valence electrons. The van der Waals surface area contributed by atoms with Crippen molar-refractivity contribution in [2.24, 2.45) is 11.3 Å². The number of hydrogen-bond donors (Lipinski definition) is 2. The number of piperidine rings is 3. The molecule has 3 aromatic carbocycles. The van der Waals surface area contributed by atoms with Gasteiger partial charge in [-0.05, 0) is 117 Å². The molecule has 19 heteroatoms. The number of phenols is 1. The molecule has 2 N–H and O–H groups in total. The Hall–Kier alpha value is -6.44. The molecule has 5 aromatic rings. The first-order chi connectivity index (χ1) is 35.3. The van der Waals surface area contributed by atoms with Crippen molar-refractivity contribution in [2.45, 2.75) is 82.8 Å². The molecule has 2 atom stereocenters. The fraction of sp³-hybridized carbons (Fsp3) is 0.500. The number of nitrogens with zero attached hydrogens (tertiary/aromatic N) is 8.